The van der Waals surface area contributed by atoms with Gasteiger partial charge in [-0.1, -0.05) is 59.6 Å². The van der Waals surface area contributed by atoms with Crippen LogP contribution in [0.25, 0.3) is 20.7 Å². The third-order valence-electron chi connectivity index (χ3n) is 13.5. The van der Waals surface area contributed by atoms with Crippen LogP contribution in [0.4, 0.5) is 11.5 Å². The average molecular weight is 851 g/mol. The molecule has 2 aromatic heterocycles. The van der Waals surface area contributed by atoms with Crippen molar-refractivity contribution < 1.29 is 33.8 Å². The van der Waals surface area contributed by atoms with E-state index in [4.69, 9.17) is 21.4 Å². The van der Waals surface area contributed by atoms with Crippen molar-refractivity contribution >= 4 is 73.9 Å². The van der Waals surface area contributed by atoms with Gasteiger partial charge in [0.2, 0.25) is 23.6 Å². The Labute approximate surface area is 359 Å². The molecule has 1 saturated carbocycles. The van der Waals surface area contributed by atoms with Crippen LogP contribution in [0.2, 0.25) is 5.02 Å². The molecule has 1 N–H and O–H groups in total. The zero-order chi connectivity index (χ0) is 42.6. The third-order valence-corrected chi connectivity index (χ3v) is 15.0. The minimum Gasteiger partial charge on any atom is -0.504 e. The summed E-state index contributed by atoms with van der Waals surface area (Å²) in [6.07, 6.45) is 2.40. The molecule has 0 spiro atoms. The number of benzene rings is 4. The Morgan fingerprint density at radius 2 is 1.62 bits per heavy atom. The number of aromatic nitrogens is 2. The van der Waals surface area contributed by atoms with Gasteiger partial charge in [0.25, 0.3) is 0 Å². The number of methoxy groups -OCH3 is 1. The number of halogens is 1. The number of nitrogens with zero attached hydrogens (tertiary/aromatic N) is 4. The van der Waals surface area contributed by atoms with Gasteiger partial charge >= 0.3 is 0 Å². The molecule has 6 aromatic rings. The van der Waals surface area contributed by atoms with Crippen molar-refractivity contribution in [1.29, 1.82) is 0 Å². The molecule has 2 saturated heterocycles. The van der Waals surface area contributed by atoms with Crippen LogP contribution < -0.4 is 14.5 Å². The number of phenols is 1. The SMILES string of the molecule is COc1cc([C@H]2C3=CC[C@@H]4C(=O)N(c5ccc(C(=O)c6ccccc6)cc5)C(=O)[C@@H]4[C@@H]3C[C@H]3C(=O)N(c4cc(-c5sc6ccc(Cl)cc6c5C)nn4C)C(=O)[C@@]23C)ccc1O. The van der Waals surface area contributed by atoms with Crippen LogP contribution in [0, 0.1) is 36.0 Å². The van der Waals surface area contributed by atoms with Gasteiger partial charge in [0.05, 0.1) is 40.8 Å². The number of allylic oxidation sites excluding steroid dienone is 2. The zero-order valence-corrected chi connectivity index (χ0v) is 35.2. The Morgan fingerprint density at radius 3 is 2.36 bits per heavy atom. The number of anilines is 2. The van der Waals surface area contributed by atoms with Crippen LogP contribution in [-0.4, -0.2) is 51.4 Å². The minimum atomic E-state index is -1.32. The number of fused-ring (bicyclic) bond motifs is 5. The minimum absolute atomic E-state index is 0.0848. The van der Waals surface area contributed by atoms with E-state index in [0.29, 0.717) is 38.9 Å². The lowest BCUT2D eigenvalue weighted by Crippen LogP contribution is -2.48. The third kappa shape index (κ3) is 5.68. The van der Waals surface area contributed by atoms with Gasteiger partial charge in [-0.05, 0) is 104 Å². The number of rotatable bonds is 7. The molecule has 2 aliphatic heterocycles. The van der Waals surface area contributed by atoms with E-state index in [0.717, 1.165) is 26.1 Å². The van der Waals surface area contributed by atoms with Gasteiger partial charge in [-0.2, -0.15) is 5.10 Å². The summed E-state index contributed by atoms with van der Waals surface area (Å²) >= 11 is 7.89. The lowest BCUT2D eigenvalue weighted by Gasteiger charge is -2.49. The molecule has 0 unspecified atom stereocenters. The molecule has 6 atom stereocenters. The van der Waals surface area contributed by atoms with Crippen molar-refractivity contribution in [3.8, 4) is 22.1 Å². The van der Waals surface area contributed by atoms with Gasteiger partial charge in [0.1, 0.15) is 11.5 Å². The highest BCUT2D eigenvalue weighted by Gasteiger charge is 2.68. The quantitative estimate of drug-likeness (QED) is 0.0957. The molecular formula is C48H39ClN4O7S. The first-order chi connectivity index (χ1) is 29.3. The van der Waals surface area contributed by atoms with Crippen molar-refractivity contribution in [2.24, 2.45) is 36.1 Å². The summed E-state index contributed by atoms with van der Waals surface area (Å²) in [5.41, 5.74) is 3.02. The molecule has 10 rings (SSSR count). The number of hydrogen-bond acceptors (Lipinski definition) is 9. The maximum Gasteiger partial charge on any atom is 0.242 e. The normalized spacial score (nSPS) is 24.5. The van der Waals surface area contributed by atoms with Gasteiger partial charge < -0.3 is 9.84 Å². The van der Waals surface area contributed by atoms with Gasteiger partial charge in [-0.3, -0.25) is 33.6 Å². The fourth-order valence-corrected chi connectivity index (χ4v) is 11.8. The maximum atomic E-state index is 15.2. The number of aryl methyl sites for hydroxylation is 2. The number of ether oxygens (including phenoxy) is 1. The standard InChI is InChI=1S/C48H39ClN4O7S/c1-24-32-21-28(49)13-19-38(32)61-43(24)35-23-39(51(3)50-35)53-45(57)34-22-33-30(41(48(34,2)47(53)59)27-12-18-36(54)37(20-27)60-4)16-17-31-40(33)46(58)52(44(31)56)29-14-10-26(11-15-29)42(55)25-8-6-5-7-9-25/h5-16,18-21,23,31,33-34,40-41,54H,17,22H2,1-4H3/t31-,33+,34-,40-,41-,48+/m0/s1. The number of carbonyl (C=O) groups is 5. The second kappa shape index (κ2) is 14.1. The Hall–Kier alpha value is -6.37. The Kier molecular flexibility index (Phi) is 8.97. The predicted molar refractivity (Wildman–Crippen MR) is 232 cm³/mol. The molecule has 0 bridgehead atoms. The first kappa shape index (κ1) is 38.8. The molecule has 4 aliphatic rings. The highest BCUT2D eigenvalue weighted by atomic mass is 35.5. The number of hydrogen-bond donors (Lipinski definition) is 1. The number of amides is 4. The molecular weight excluding hydrogens is 812 g/mol. The second-order valence-corrected chi connectivity index (χ2v) is 18.0. The Morgan fingerprint density at radius 1 is 0.885 bits per heavy atom. The largest absolute Gasteiger partial charge is 0.504 e. The molecule has 2 aliphatic carbocycles. The summed E-state index contributed by atoms with van der Waals surface area (Å²) in [4.78, 5) is 75.7. The van der Waals surface area contributed by atoms with E-state index in [-0.39, 0.29) is 41.9 Å². The smallest absolute Gasteiger partial charge is 0.242 e. The number of imide groups is 2. The van der Waals surface area contributed by atoms with E-state index >= 15 is 9.59 Å². The molecule has 0 radical (unpaired) electrons. The van der Waals surface area contributed by atoms with Crippen LogP contribution in [0.15, 0.2) is 109 Å². The number of aromatic hydroxyl groups is 1. The van der Waals surface area contributed by atoms with Crippen molar-refractivity contribution in [3.05, 3.63) is 136 Å². The fourth-order valence-electron chi connectivity index (χ4n) is 10.5. The van der Waals surface area contributed by atoms with Crippen molar-refractivity contribution in [1.82, 2.24) is 9.78 Å². The second-order valence-electron chi connectivity index (χ2n) is 16.6. The van der Waals surface area contributed by atoms with E-state index < -0.39 is 46.8 Å². The Bertz CT molecular complexity index is 2920. The molecule has 11 nitrogen and oxygen atoms in total. The van der Waals surface area contributed by atoms with E-state index in [1.807, 2.05) is 44.2 Å². The predicted octanol–water partition coefficient (Wildman–Crippen LogP) is 8.64. The molecule has 4 amide bonds. The molecule has 4 heterocycles. The van der Waals surface area contributed by atoms with E-state index in [1.54, 1.807) is 89.8 Å². The molecule has 3 fully saturated rings. The van der Waals surface area contributed by atoms with Gasteiger partial charge in [0, 0.05) is 39.9 Å². The van der Waals surface area contributed by atoms with Gasteiger partial charge in [-0.15, -0.1) is 11.3 Å². The average Bonchev–Trinajstić information content (AvgIpc) is 3.94. The number of phenolic OH excluding ortho intramolecular Hbond substituents is 1. The summed E-state index contributed by atoms with van der Waals surface area (Å²) in [5, 5.41) is 17.1. The molecule has 306 valence electrons. The monoisotopic (exact) mass is 850 g/mol. The van der Waals surface area contributed by atoms with Gasteiger partial charge in [-0.25, -0.2) is 4.90 Å². The van der Waals surface area contributed by atoms with Crippen LogP contribution in [0.5, 0.6) is 11.5 Å². The number of ketones is 1. The van der Waals surface area contributed by atoms with Gasteiger partial charge in [0.15, 0.2) is 17.3 Å². The number of carbonyl (C=O) groups excluding carboxylic acids is 5. The molecule has 13 heteroatoms. The van der Waals surface area contributed by atoms with Crippen molar-refractivity contribution in [2.75, 3.05) is 16.9 Å². The lowest BCUT2D eigenvalue weighted by molar-refractivity contribution is -0.131. The summed E-state index contributed by atoms with van der Waals surface area (Å²) < 4.78 is 8.12. The van der Waals surface area contributed by atoms with E-state index in [2.05, 4.69) is 0 Å². The number of thiophene rings is 1. The lowest BCUT2D eigenvalue weighted by atomic mass is 9.51. The fraction of sp³-hybridized carbons (Fsp3) is 0.250. The van der Waals surface area contributed by atoms with E-state index in [1.165, 1.54) is 23.0 Å². The Balaban J connectivity index is 1.03. The van der Waals surface area contributed by atoms with Crippen molar-refractivity contribution in [2.45, 2.75) is 32.6 Å². The van der Waals surface area contributed by atoms with Crippen LogP contribution in [0.1, 0.15) is 52.7 Å². The summed E-state index contributed by atoms with van der Waals surface area (Å²) in [5.74, 6) is -4.93. The summed E-state index contributed by atoms with van der Waals surface area (Å²) in [7, 11) is 3.15. The molecule has 4 aromatic carbocycles. The summed E-state index contributed by atoms with van der Waals surface area (Å²) in [6.45, 7) is 3.81. The zero-order valence-electron chi connectivity index (χ0n) is 33.6. The van der Waals surface area contributed by atoms with Crippen LogP contribution in [-0.2, 0) is 26.2 Å². The maximum absolute atomic E-state index is 15.2. The van der Waals surface area contributed by atoms with E-state index in [9.17, 15) is 19.5 Å². The highest BCUT2D eigenvalue weighted by molar-refractivity contribution is 7.22. The topological polar surface area (TPSA) is 139 Å². The van der Waals surface area contributed by atoms with Crippen LogP contribution >= 0.6 is 22.9 Å². The van der Waals surface area contributed by atoms with Crippen molar-refractivity contribution in [3.63, 3.8) is 0 Å². The molecule has 61 heavy (non-hydrogen) atoms. The van der Waals surface area contributed by atoms with Crippen LogP contribution in [0.3, 0.4) is 0 Å². The summed E-state index contributed by atoms with van der Waals surface area (Å²) in [6, 6.07) is 27.8. The first-order valence-electron chi connectivity index (χ1n) is 20.1. The first-order valence-corrected chi connectivity index (χ1v) is 21.3. The highest BCUT2D eigenvalue weighted by Crippen LogP contribution is 2.64.